The molecule has 0 aliphatic rings. The molecule has 2 unspecified atom stereocenters. The van der Waals surface area contributed by atoms with Gasteiger partial charge in [0.15, 0.2) is 0 Å². The molecule has 5 heteroatoms. The standard InChI is InChI=1S/C29H44N2.C12H18N.C2H6O.Sc/c1-18(2)24-13-11-14-25(19(3)4)28(24)30-22(9)17-23(10)31-29-26(20(5)6)15-12-16-27(29)21(7)8;1-8(2)10-6-5-7-11(9(3)4)12(10)13;1-2-3;/h11-16,18-23H,17H2,1-10H3;5-9,13H,1-4H3;3H,2H2,1H3;/q-2;-1;;+3. The molecule has 2 N–H and O–H groups in total. The van der Waals surface area contributed by atoms with Gasteiger partial charge in [0.1, 0.15) is 0 Å². The van der Waals surface area contributed by atoms with Crippen LogP contribution in [0.4, 0.5) is 17.1 Å². The average molecular weight is 688 g/mol. The van der Waals surface area contributed by atoms with E-state index < -0.39 is 0 Å². The topological polar surface area (TPSA) is 72.2 Å². The Hall–Kier alpha value is -2.11. The van der Waals surface area contributed by atoms with Gasteiger partial charge in [0, 0.05) is 6.61 Å². The van der Waals surface area contributed by atoms with Gasteiger partial charge in [0.25, 0.3) is 0 Å². The molecule has 0 aliphatic heterocycles. The minimum Gasteiger partial charge on any atom is -0.698 e. The average Bonchev–Trinajstić information content (AvgIpc) is 2.97. The Balaban J connectivity index is 0.00000108. The van der Waals surface area contributed by atoms with E-state index in [1.165, 1.54) is 33.6 Å². The SMILES string of the molecule is CC(C)c1cccc(C(C)C)c1[NH-].CC(CC(C)[N-]c1c(C(C)C)cccc1C(C)C)[N-]c1c(C(C)C)cccc1C(C)C.CCO.[Sc+3]. The second kappa shape index (κ2) is 22.6. The molecule has 0 aromatic heterocycles. The molecular weight excluding hydrogens is 619 g/mol. The Morgan fingerprint density at radius 1 is 0.479 bits per heavy atom. The summed E-state index contributed by atoms with van der Waals surface area (Å²) in [4.78, 5) is 0. The number of nitrogens with one attached hydrogen (secondary N) is 1. The summed E-state index contributed by atoms with van der Waals surface area (Å²) in [6, 6.07) is 19.9. The molecule has 0 saturated carbocycles. The molecule has 0 spiro atoms. The summed E-state index contributed by atoms with van der Waals surface area (Å²) in [5, 5.41) is 18.0. The van der Waals surface area contributed by atoms with Crippen LogP contribution in [0.1, 0.15) is 179 Å². The molecule has 264 valence electrons. The zero-order valence-electron chi connectivity index (χ0n) is 33.1. The molecule has 4 nitrogen and oxygen atoms in total. The predicted octanol–water partition coefficient (Wildman–Crippen LogP) is 14.7. The van der Waals surface area contributed by atoms with E-state index >= 15 is 0 Å². The molecule has 3 aromatic rings. The fourth-order valence-corrected chi connectivity index (χ4v) is 5.91. The van der Waals surface area contributed by atoms with E-state index in [9.17, 15) is 0 Å². The molecule has 3 aromatic carbocycles. The van der Waals surface area contributed by atoms with Crippen LogP contribution < -0.4 is 0 Å². The van der Waals surface area contributed by atoms with Gasteiger partial charge in [0.05, 0.1) is 0 Å². The molecule has 2 atom stereocenters. The van der Waals surface area contributed by atoms with E-state index in [1.54, 1.807) is 6.92 Å². The number of aliphatic hydroxyl groups excluding tert-OH is 1. The van der Waals surface area contributed by atoms with E-state index in [2.05, 4.69) is 152 Å². The Morgan fingerprint density at radius 3 is 0.896 bits per heavy atom. The summed E-state index contributed by atoms with van der Waals surface area (Å²) >= 11 is 0. The van der Waals surface area contributed by atoms with E-state index in [0.717, 1.165) is 23.2 Å². The molecule has 0 radical (unpaired) electrons. The van der Waals surface area contributed by atoms with Crippen molar-refractivity contribution in [3.8, 4) is 0 Å². The molecule has 0 fully saturated rings. The maximum atomic E-state index is 8.01. The summed E-state index contributed by atoms with van der Waals surface area (Å²) < 4.78 is 0. The van der Waals surface area contributed by atoms with Crippen LogP contribution in [0.5, 0.6) is 0 Å². The number of aliphatic hydroxyl groups is 1. The van der Waals surface area contributed by atoms with Crippen molar-refractivity contribution < 1.29 is 30.9 Å². The molecular formula is C43H68N3OSc. The van der Waals surface area contributed by atoms with E-state index in [1.807, 2.05) is 0 Å². The molecule has 0 heterocycles. The number of para-hydroxylation sites is 2. The van der Waals surface area contributed by atoms with Crippen molar-refractivity contribution in [2.24, 2.45) is 0 Å². The first kappa shape index (κ1) is 45.9. The zero-order chi connectivity index (χ0) is 36.0. The van der Waals surface area contributed by atoms with Crippen LogP contribution in [-0.4, -0.2) is 23.8 Å². The van der Waals surface area contributed by atoms with E-state index in [4.69, 9.17) is 21.5 Å². The predicted molar refractivity (Wildman–Crippen MR) is 210 cm³/mol. The minimum atomic E-state index is 0. The maximum absolute atomic E-state index is 8.01. The van der Waals surface area contributed by atoms with Crippen molar-refractivity contribution in [1.29, 1.82) is 0 Å². The molecule has 0 bridgehead atoms. The second-order valence-electron chi connectivity index (χ2n) is 14.8. The van der Waals surface area contributed by atoms with Crippen molar-refractivity contribution in [1.82, 2.24) is 0 Å². The first-order valence-electron chi connectivity index (χ1n) is 18.1. The van der Waals surface area contributed by atoms with Crippen LogP contribution in [0.3, 0.4) is 0 Å². The Morgan fingerprint density at radius 2 is 0.688 bits per heavy atom. The fourth-order valence-electron chi connectivity index (χ4n) is 5.91. The van der Waals surface area contributed by atoms with Gasteiger partial charge in [0.2, 0.25) is 0 Å². The van der Waals surface area contributed by atoms with Crippen LogP contribution in [0.25, 0.3) is 16.4 Å². The van der Waals surface area contributed by atoms with Crippen molar-refractivity contribution in [2.75, 3.05) is 6.61 Å². The third-order valence-electron chi connectivity index (χ3n) is 8.44. The number of benzene rings is 3. The third-order valence-corrected chi connectivity index (χ3v) is 8.44. The van der Waals surface area contributed by atoms with Crippen LogP contribution in [-0.2, 0) is 25.8 Å². The molecule has 48 heavy (non-hydrogen) atoms. The number of hydrogen-bond acceptors (Lipinski definition) is 1. The third kappa shape index (κ3) is 14.0. The van der Waals surface area contributed by atoms with Gasteiger partial charge in [-0.25, -0.2) is 0 Å². The smallest absolute Gasteiger partial charge is 0.698 e. The summed E-state index contributed by atoms with van der Waals surface area (Å²) in [5.74, 6) is 2.78. The van der Waals surface area contributed by atoms with Gasteiger partial charge in [-0.2, -0.15) is 0 Å². The monoisotopic (exact) mass is 687 g/mol. The van der Waals surface area contributed by atoms with Gasteiger partial charge in [-0.05, 0) is 42.4 Å². The number of hydrogen-bond donors (Lipinski definition) is 1. The summed E-state index contributed by atoms with van der Waals surface area (Å²) in [5.41, 5.74) is 18.9. The van der Waals surface area contributed by atoms with Crippen LogP contribution >= 0.6 is 0 Å². The minimum absolute atomic E-state index is 0. The van der Waals surface area contributed by atoms with Gasteiger partial charge in [-0.3, -0.25) is 0 Å². The van der Waals surface area contributed by atoms with E-state index in [0.29, 0.717) is 35.5 Å². The van der Waals surface area contributed by atoms with Gasteiger partial charge >= 0.3 is 25.8 Å². The fraction of sp³-hybridized carbons (Fsp3) is 0.581. The van der Waals surface area contributed by atoms with Crippen molar-refractivity contribution in [3.05, 3.63) is 104 Å². The molecule has 0 saturated heterocycles. The molecule has 3 rings (SSSR count). The van der Waals surface area contributed by atoms with Gasteiger partial charge in [-0.15, -0.1) is 29.1 Å². The maximum Gasteiger partial charge on any atom is 3.00 e. The van der Waals surface area contributed by atoms with Gasteiger partial charge < -0.3 is 21.5 Å². The summed E-state index contributed by atoms with van der Waals surface area (Å²) in [7, 11) is 0. The van der Waals surface area contributed by atoms with Crippen LogP contribution in [0.15, 0.2) is 54.6 Å². The first-order valence-corrected chi connectivity index (χ1v) is 18.1. The largest absolute Gasteiger partial charge is 3.00 e. The number of nitrogens with zero attached hydrogens (tertiary/aromatic N) is 2. The van der Waals surface area contributed by atoms with Gasteiger partial charge in [-0.1, -0.05) is 191 Å². The number of rotatable bonds is 12. The molecule has 0 amide bonds. The molecule has 0 aliphatic carbocycles. The second-order valence-corrected chi connectivity index (χ2v) is 14.8. The van der Waals surface area contributed by atoms with Crippen LogP contribution in [0, 0.1) is 0 Å². The normalized spacial score (nSPS) is 12.4. The van der Waals surface area contributed by atoms with Crippen LogP contribution in [0.2, 0.25) is 0 Å². The van der Waals surface area contributed by atoms with Crippen molar-refractivity contribution in [3.63, 3.8) is 0 Å². The summed E-state index contributed by atoms with van der Waals surface area (Å²) in [6.45, 7) is 33.0. The Bertz CT molecular complexity index is 1180. The van der Waals surface area contributed by atoms with Crippen molar-refractivity contribution in [2.45, 2.75) is 158 Å². The Labute approximate surface area is 315 Å². The van der Waals surface area contributed by atoms with Crippen molar-refractivity contribution >= 4 is 17.1 Å². The quantitative estimate of drug-likeness (QED) is 0.202. The first-order chi connectivity index (χ1) is 22.0. The zero-order valence-corrected chi connectivity index (χ0v) is 35.0. The summed E-state index contributed by atoms with van der Waals surface area (Å²) in [6.07, 6.45) is 0.952. The Kier molecular flexibility index (Phi) is 21.6. The van der Waals surface area contributed by atoms with E-state index in [-0.39, 0.29) is 44.5 Å².